The summed E-state index contributed by atoms with van der Waals surface area (Å²) in [6.45, 7) is 5.75. The molecule has 0 bridgehead atoms. The normalized spacial score (nSPS) is 15.1. The number of methoxy groups -OCH3 is 1. The molecule has 0 aliphatic heterocycles. The fraction of sp³-hybridized carbons (Fsp3) is 0.476. The minimum atomic E-state index is -0.565. The molecule has 0 saturated heterocycles. The van der Waals surface area contributed by atoms with Crippen LogP contribution in [0.15, 0.2) is 24.3 Å². The maximum Gasteiger partial charge on any atom is 0.328 e. The van der Waals surface area contributed by atoms with Crippen LogP contribution in [0.4, 0.5) is 0 Å². The van der Waals surface area contributed by atoms with Crippen LogP contribution in [0.2, 0.25) is 0 Å². The molecule has 27 heavy (non-hydrogen) atoms. The Morgan fingerprint density at radius 3 is 2.48 bits per heavy atom. The third-order valence-electron chi connectivity index (χ3n) is 5.16. The highest BCUT2D eigenvalue weighted by Crippen LogP contribution is 2.32. The van der Waals surface area contributed by atoms with Crippen LogP contribution >= 0.6 is 11.3 Å². The van der Waals surface area contributed by atoms with E-state index in [0.29, 0.717) is 0 Å². The summed E-state index contributed by atoms with van der Waals surface area (Å²) in [4.78, 5) is 32.5. The van der Waals surface area contributed by atoms with Gasteiger partial charge in [-0.05, 0) is 40.0 Å². The topological polar surface area (TPSA) is 59.5 Å². The van der Waals surface area contributed by atoms with Crippen molar-refractivity contribution in [1.29, 1.82) is 0 Å². The maximum absolute atomic E-state index is 13.2. The van der Waals surface area contributed by atoms with Crippen molar-refractivity contribution in [3.8, 4) is 11.3 Å². The van der Waals surface area contributed by atoms with Gasteiger partial charge in [-0.25, -0.2) is 9.78 Å². The van der Waals surface area contributed by atoms with Crippen molar-refractivity contribution in [2.45, 2.75) is 58.5 Å². The van der Waals surface area contributed by atoms with Gasteiger partial charge in [-0.15, -0.1) is 11.3 Å². The van der Waals surface area contributed by atoms with E-state index in [2.05, 4.69) is 17.1 Å². The quantitative estimate of drug-likeness (QED) is 0.706. The number of hydrogen-bond donors (Lipinski definition) is 0. The molecule has 144 valence electrons. The predicted molar refractivity (Wildman–Crippen MR) is 107 cm³/mol. The van der Waals surface area contributed by atoms with E-state index in [1.807, 2.05) is 26.0 Å². The number of aromatic nitrogens is 1. The van der Waals surface area contributed by atoms with Crippen LogP contribution in [0, 0.1) is 13.8 Å². The lowest BCUT2D eigenvalue weighted by Crippen LogP contribution is -2.52. The Hall–Kier alpha value is -2.21. The number of rotatable bonds is 6. The summed E-state index contributed by atoms with van der Waals surface area (Å²) in [5.41, 5.74) is 3.07. The molecule has 0 spiro atoms. The second kappa shape index (κ2) is 8.21. The molecule has 0 unspecified atom stereocenters. The first-order chi connectivity index (χ1) is 12.9. The number of hydrogen-bond acceptors (Lipinski definition) is 5. The summed E-state index contributed by atoms with van der Waals surface area (Å²) in [5.74, 6) is -0.399. The first-order valence-corrected chi connectivity index (χ1v) is 10.1. The summed E-state index contributed by atoms with van der Waals surface area (Å²) >= 11 is 1.55. The van der Waals surface area contributed by atoms with Gasteiger partial charge in [0.05, 0.1) is 24.2 Å². The van der Waals surface area contributed by atoms with Crippen LogP contribution in [0.5, 0.6) is 0 Å². The Balaban J connectivity index is 1.85. The largest absolute Gasteiger partial charge is 0.467 e. The Labute approximate surface area is 164 Å². The molecule has 1 saturated carbocycles. The molecule has 6 heteroatoms. The van der Waals surface area contributed by atoms with Gasteiger partial charge in [0, 0.05) is 16.5 Å². The molecule has 1 aliphatic carbocycles. The molecular weight excluding hydrogens is 360 g/mol. The van der Waals surface area contributed by atoms with Crippen LogP contribution in [0.1, 0.15) is 41.6 Å². The van der Waals surface area contributed by atoms with Gasteiger partial charge in [0.1, 0.15) is 6.04 Å². The lowest BCUT2D eigenvalue weighted by atomic mass is 9.90. The van der Waals surface area contributed by atoms with Gasteiger partial charge in [-0.2, -0.15) is 0 Å². The predicted octanol–water partition coefficient (Wildman–Crippen LogP) is 3.91. The average Bonchev–Trinajstić information content (AvgIpc) is 2.97. The van der Waals surface area contributed by atoms with Crippen molar-refractivity contribution >= 4 is 23.2 Å². The van der Waals surface area contributed by atoms with E-state index < -0.39 is 6.04 Å². The highest BCUT2D eigenvalue weighted by Gasteiger charge is 2.36. The van der Waals surface area contributed by atoms with Gasteiger partial charge >= 0.3 is 5.97 Å². The van der Waals surface area contributed by atoms with Crippen molar-refractivity contribution in [1.82, 2.24) is 9.88 Å². The van der Waals surface area contributed by atoms with Crippen LogP contribution in [0.3, 0.4) is 0 Å². The maximum atomic E-state index is 13.2. The van der Waals surface area contributed by atoms with E-state index in [9.17, 15) is 9.59 Å². The third-order valence-corrected chi connectivity index (χ3v) is 6.13. The molecule has 0 N–H and O–H groups in total. The Bertz CT molecular complexity index is 824. The molecule has 1 amide bonds. The SMILES string of the molecule is COC(=O)[C@@H](C)N(C(=O)Cc1sc(C)nc1-c1ccc(C)cc1)C1CCC1. The first-order valence-electron chi connectivity index (χ1n) is 9.33. The number of carbonyl (C=O) groups is 2. The zero-order chi connectivity index (χ0) is 19.6. The van der Waals surface area contributed by atoms with E-state index >= 15 is 0 Å². The summed E-state index contributed by atoms with van der Waals surface area (Å²) in [7, 11) is 1.37. The lowest BCUT2D eigenvalue weighted by Gasteiger charge is -2.40. The zero-order valence-electron chi connectivity index (χ0n) is 16.3. The monoisotopic (exact) mass is 386 g/mol. The van der Waals surface area contributed by atoms with Crippen molar-refractivity contribution < 1.29 is 14.3 Å². The fourth-order valence-corrected chi connectivity index (χ4v) is 4.39. The number of aryl methyl sites for hydroxylation is 2. The third kappa shape index (κ3) is 4.21. The van der Waals surface area contributed by atoms with E-state index in [4.69, 9.17) is 4.74 Å². The molecule has 1 fully saturated rings. The number of nitrogens with zero attached hydrogens (tertiary/aromatic N) is 2. The number of esters is 1. The van der Waals surface area contributed by atoms with Crippen LogP contribution in [-0.4, -0.2) is 41.0 Å². The summed E-state index contributed by atoms with van der Waals surface area (Å²) in [6.07, 6.45) is 3.24. The lowest BCUT2D eigenvalue weighted by molar-refractivity contribution is -0.155. The van der Waals surface area contributed by atoms with E-state index in [-0.39, 0.29) is 24.3 Å². The average molecular weight is 387 g/mol. The number of ether oxygens (including phenoxy) is 1. The van der Waals surface area contributed by atoms with Gasteiger partial charge in [0.25, 0.3) is 0 Å². The molecule has 1 atom stereocenters. The second-order valence-corrected chi connectivity index (χ2v) is 8.42. The Kier molecular flexibility index (Phi) is 5.95. The molecule has 2 aromatic rings. The molecule has 3 rings (SSSR count). The van der Waals surface area contributed by atoms with E-state index in [1.54, 1.807) is 23.2 Å². The van der Waals surface area contributed by atoms with Crippen LogP contribution < -0.4 is 0 Å². The highest BCUT2D eigenvalue weighted by atomic mass is 32.1. The molecule has 1 aromatic carbocycles. The Morgan fingerprint density at radius 1 is 1.26 bits per heavy atom. The van der Waals surface area contributed by atoms with Crippen molar-refractivity contribution in [2.24, 2.45) is 0 Å². The number of thiazole rings is 1. The van der Waals surface area contributed by atoms with Crippen molar-refractivity contribution in [3.63, 3.8) is 0 Å². The van der Waals surface area contributed by atoms with Crippen molar-refractivity contribution in [2.75, 3.05) is 7.11 Å². The minimum absolute atomic E-state index is 0.0328. The standard InChI is InChI=1S/C21H26N2O3S/c1-13-8-10-16(11-9-13)20-18(27-15(3)22-20)12-19(24)23(17-6-5-7-17)14(2)21(25)26-4/h8-11,14,17H,5-7,12H2,1-4H3/t14-/m1/s1. The summed E-state index contributed by atoms with van der Waals surface area (Å²) in [5, 5.41) is 0.935. The highest BCUT2D eigenvalue weighted by molar-refractivity contribution is 7.12. The van der Waals surface area contributed by atoms with Gasteiger partial charge in [0.15, 0.2) is 0 Å². The Morgan fingerprint density at radius 2 is 1.93 bits per heavy atom. The molecule has 0 radical (unpaired) electrons. The second-order valence-electron chi connectivity index (χ2n) is 7.13. The molecule has 1 aromatic heterocycles. The zero-order valence-corrected chi connectivity index (χ0v) is 17.1. The van der Waals surface area contributed by atoms with Gasteiger partial charge in [-0.1, -0.05) is 29.8 Å². The first kappa shape index (κ1) is 19.5. The smallest absolute Gasteiger partial charge is 0.328 e. The summed E-state index contributed by atoms with van der Waals surface area (Å²) < 4.78 is 4.88. The van der Waals surface area contributed by atoms with E-state index in [1.165, 1.54) is 12.7 Å². The minimum Gasteiger partial charge on any atom is -0.467 e. The molecule has 1 aliphatic rings. The molecule has 1 heterocycles. The summed E-state index contributed by atoms with van der Waals surface area (Å²) in [6, 6.07) is 7.75. The van der Waals surface area contributed by atoms with Gasteiger partial charge < -0.3 is 9.64 Å². The van der Waals surface area contributed by atoms with Gasteiger partial charge in [-0.3, -0.25) is 4.79 Å². The van der Waals surface area contributed by atoms with Crippen molar-refractivity contribution in [3.05, 3.63) is 39.7 Å². The number of benzene rings is 1. The van der Waals surface area contributed by atoms with E-state index in [0.717, 1.165) is 40.4 Å². The fourth-order valence-electron chi connectivity index (χ4n) is 3.44. The van der Waals surface area contributed by atoms with Crippen LogP contribution in [0.25, 0.3) is 11.3 Å². The van der Waals surface area contributed by atoms with Gasteiger partial charge in [0.2, 0.25) is 5.91 Å². The number of carbonyl (C=O) groups excluding carboxylic acids is 2. The molecule has 5 nitrogen and oxygen atoms in total. The number of amides is 1. The van der Waals surface area contributed by atoms with Crippen LogP contribution in [-0.2, 0) is 20.7 Å². The molecular formula is C21H26N2O3S.